The summed E-state index contributed by atoms with van der Waals surface area (Å²) in [6, 6.07) is 0. The summed E-state index contributed by atoms with van der Waals surface area (Å²) in [7, 11) is 0. The first-order valence-corrected chi connectivity index (χ1v) is 16.2. The highest BCUT2D eigenvalue weighted by Gasteiger charge is 2.49. The van der Waals surface area contributed by atoms with Crippen molar-refractivity contribution in [3.63, 3.8) is 0 Å². The molecule has 0 radical (unpaired) electrons. The van der Waals surface area contributed by atoms with Gasteiger partial charge in [-0.2, -0.15) is 0 Å². The van der Waals surface area contributed by atoms with E-state index in [1.165, 1.54) is 25.7 Å². The molecule has 17 heteroatoms. The van der Waals surface area contributed by atoms with Gasteiger partial charge in [0, 0.05) is 6.61 Å². The standard InChI is InChI=1S/C29H52O17/c1-2-3-4-5-6-7-8-9-39-26-23(36)19(32)15(11-41-26)45-28-25(38)21(34)17(13-43-28)46-29-24(37)20(33)16(12-42-29)44-27-22(35)18(31)14(30)10-40-27/h14-38H,2-13H2,1H3. The van der Waals surface area contributed by atoms with Crippen molar-refractivity contribution in [2.45, 2.75) is 150 Å². The molecule has 0 aromatic rings. The number of hydrogen-bond donors (Lipinski definition) is 9. The predicted octanol–water partition coefficient (Wildman–Crippen LogP) is -3.42. The zero-order valence-electron chi connectivity index (χ0n) is 26.0. The topological polar surface area (TPSA) is 256 Å². The average molecular weight is 673 g/mol. The van der Waals surface area contributed by atoms with Crippen LogP contribution in [0, 0.1) is 0 Å². The first-order valence-electron chi connectivity index (χ1n) is 16.2. The molecule has 16 atom stereocenters. The Hall–Kier alpha value is -0.680. The number of ether oxygens (including phenoxy) is 8. The summed E-state index contributed by atoms with van der Waals surface area (Å²) in [5.74, 6) is 0. The summed E-state index contributed by atoms with van der Waals surface area (Å²) in [5, 5.41) is 93.2. The van der Waals surface area contributed by atoms with E-state index in [9.17, 15) is 46.0 Å². The van der Waals surface area contributed by atoms with Crippen molar-refractivity contribution in [1.82, 2.24) is 0 Å². The van der Waals surface area contributed by atoms with E-state index >= 15 is 0 Å². The summed E-state index contributed by atoms with van der Waals surface area (Å²) in [4.78, 5) is 0. The van der Waals surface area contributed by atoms with Crippen molar-refractivity contribution < 1.29 is 83.9 Å². The lowest BCUT2D eigenvalue weighted by molar-refractivity contribution is -0.357. The molecule has 0 amide bonds. The lowest BCUT2D eigenvalue weighted by Crippen LogP contribution is -2.62. The Morgan fingerprint density at radius 1 is 0.435 bits per heavy atom. The number of aliphatic hydroxyl groups is 9. The van der Waals surface area contributed by atoms with Crippen molar-refractivity contribution in [1.29, 1.82) is 0 Å². The number of rotatable bonds is 15. The Morgan fingerprint density at radius 3 is 1.28 bits per heavy atom. The Morgan fingerprint density at radius 2 is 0.804 bits per heavy atom. The van der Waals surface area contributed by atoms with Gasteiger partial charge in [0.05, 0.1) is 26.4 Å². The predicted molar refractivity (Wildman–Crippen MR) is 152 cm³/mol. The maximum absolute atomic E-state index is 10.7. The molecule has 4 fully saturated rings. The van der Waals surface area contributed by atoms with Crippen molar-refractivity contribution in [3.8, 4) is 0 Å². The molecule has 0 aromatic heterocycles. The summed E-state index contributed by atoms with van der Waals surface area (Å²) < 4.78 is 44.0. The van der Waals surface area contributed by atoms with Gasteiger partial charge in [0.15, 0.2) is 25.2 Å². The van der Waals surface area contributed by atoms with E-state index in [1.54, 1.807) is 0 Å². The van der Waals surface area contributed by atoms with E-state index in [1.807, 2.05) is 0 Å². The molecule has 46 heavy (non-hydrogen) atoms. The number of aliphatic hydroxyl groups excluding tert-OH is 9. The van der Waals surface area contributed by atoms with Crippen LogP contribution in [-0.2, 0) is 37.9 Å². The van der Waals surface area contributed by atoms with E-state index in [4.69, 9.17) is 37.9 Å². The number of hydrogen-bond acceptors (Lipinski definition) is 17. The second-order valence-electron chi connectivity index (χ2n) is 12.3. The summed E-state index contributed by atoms with van der Waals surface area (Å²) in [5.41, 5.74) is 0. The van der Waals surface area contributed by atoms with Crippen LogP contribution in [0.4, 0.5) is 0 Å². The zero-order chi connectivity index (χ0) is 33.4. The quantitative estimate of drug-likeness (QED) is 0.0768. The molecule has 0 spiro atoms. The maximum Gasteiger partial charge on any atom is 0.186 e. The van der Waals surface area contributed by atoms with Crippen LogP contribution in [0.3, 0.4) is 0 Å². The molecular formula is C29H52O17. The molecule has 270 valence electrons. The van der Waals surface area contributed by atoms with Gasteiger partial charge in [0.1, 0.15) is 73.2 Å². The molecule has 0 saturated carbocycles. The molecule has 0 aromatic carbocycles. The lowest BCUT2D eigenvalue weighted by atomic mass is 10.0. The van der Waals surface area contributed by atoms with E-state index in [-0.39, 0.29) is 26.4 Å². The van der Waals surface area contributed by atoms with E-state index in [0.29, 0.717) is 6.61 Å². The molecule has 9 N–H and O–H groups in total. The molecule has 4 aliphatic rings. The first kappa shape index (κ1) is 38.1. The molecule has 0 bridgehead atoms. The van der Waals surface area contributed by atoms with E-state index in [2.05, 4.69) is 6.92 Å². The fourth-order valence-corrected chi connectivity index (χ4v) is 5.72. The van der Waals surface area contributed by atoms with Crippen molar-refractivity contribution >= 4 is 0 Å². The Labute approximate surface area is 267 Å². The Bertz CT molecular complexity index is 872. The maximum atomic E-state index is 10.7. The molecule has 4 aliphatic heterocycles. The van der Waals surface area contributed by atoms with Crippen LogP contribution in [0.15, 0.2) is 0 Å². The minimum absolute atomic E-state index is 0.172. The smallest absolute Gasteiger partial charge is 0.186 e. The van der Waals surface area contributed by atoms with Gasteiger partial charge in [-0.15, -0.1) is 0 Å². The largest absolute Gasteiger partial charge is 0.388 e. The molecule has 0 aliphatic carbocycles. The van der Waals surface area contributed by atoms with Crippen LogP contribution in [0.5, 0.6) is 0 Å². The van der Waals surface area contributed by atoms with Crippen molar-refractivity contribution in [2.24, 2.45) is 0 Å². The summed E-state index contributed by atoms with van der Waals surface area (Å²) >= 11 is 0. The molecule has 4 heterocycles. The highest BCUT2D eigenvalue weighted by atomic mass is 16.8. The third-order valence-corrected chi connectivity index (χ3v) is 8.71. The van der Waals surface area contributed by atoms with Crippen LogP contribution in [0.2, 0.25) is 0 Å². The molecule has 4 rings (SSSR count). The summed E-state index contributed by atoms with van der Waals surface area (Å²) in [6.45, 7) is 1.34. The van der Waals surface area contributed by atoms with Gasteiger partial charge in [-0.05, 0) is 6.42 Å². The third kappa shape index (κ3) is 9.72. The zero-order valence-corrected chi connectivity index (χ0v) is 26.0. The molecular weight excluding hydrogens is 620 g/mol. The van der Waals surface area contributed by atoms with Gasteiger partial charge in [-0.3, -0.25) is 0 Å². The van der Waals surface area contributed by atoms with Crippen LogP contribution in [0.1, 0.15) is 51.9 Å². The van der Waals surface area contributed by atoms with Crippen LogP contribution >= 0.6 is 0 Å². The van der Waals surface area contributed by atoms with Gasteiger partial charge in [0.2, 0.25) is 0 Å². The highest BCUT2D eigenvalue weighted by molar-refractivity contribution is 4.91. The first-order chi connectivity index (χ1) is 22.0. The van der Waals surface area contributed by atoms with Gasteiger partial charge in [-0.25, -0.2) is 0 Å². The molecule has 4 saturated heterocycles. The normalized spacial score (nSPS) is 45.5. The summed E-state index contributed by atoms with van der Waals surface area (Å²) in [6.07, 6.45) is -15.1. The van der Waals surface area contributed by atoms with Gasteiger partial charge in [-0.1, -0.05) is 45.4 Å². The van der Waals surface area contributed by atoms with Gasteiger partial charge >= 0.3 is 0 Å². The van der Waals surface area contributed by atoms with Crippen LogP contribution in [0.25, 0.3) is 0 Å². The Balaban J connectivity index is 1.17. The second-order valence-corrected chi connectivity index (χ2v) is 12.3. The van der Waals surface area contributed by atoms with E-state index in [0.717, 1.165) is 19.3 Å². The fraction of sp³-hybridized carbons (Fsp3) is 1.00. The lowest BCUT2D eigenvalue weighted by Gasteiger charge is -2.44. The van der Waals surface area contributed by atoms with Gasteiger partial charge in [0.25, 0.3) is 0 Å². The average Bonchev–Trinajstić information content (AvgIpc) is 3.04. The minimum Gasteiger partial charge on any atom is -0.388 e. The highest BCUT2D eigenvalue weighted by Crippen LogP contribution is 2.29. The minimum atomic E-state index is -1.70. The SMILES string of the molecule is CCCCCCCCCOC1OCC(OC2OCC(OC3OCC(OC4OCC(O)C(O)C4O)C(O)C3O)C(O)C2O)C(O)C1O. The molecule has 16 unspecified atom stereocenters. The van der Waals surface area contributed by atoms with E-state index < -0.39 is 98.4 Å². The molecule has 17 nitrogen and oxygen atoms in total. The van der Waals surface area contributed by atoms with Crippen molar-refractivity contribution in [2.75, 3.05) is 33.0 Å². The van der Waals surface area contributed by atoms with Gasteiger partial charge < -0.3 is 83.9 Å². The fourth-order valence-electron chi connectivity index (χ4n) is 5.72. The number of unbranched alkanes of at least 4 members (excludes halogenated alkanes) is 6. The monoisotopic (exact) mass is 672 g/mol. The van der Waals surface area contributed by atoms with Crippen LogP contribution < -0.4 is 0 Å². The van der Waals surface area contributed by atoms with Crippen LogP contribution in [-0.4, -0.2) is 177 Å². The second kappa shape index (κ2) is 18.4. The van der Waals surface area contributed by atoms with Crippen molar-refractivity contribution in [3.05, 3.63) is 0 Å². The third-order valence-electron chi connectivity index (χ3n) is 8.71. The Kier molecular flexibility index (Phi) is 15.2.